The van der Waals surface area contributed by atoms with Gasteiger partial charge in [-0.25, -0.2) is 15.0 Å². The highest BCUT2D eigenvalue weighted by Crippen LogP contribution is 2.42. The summed E-state index contributed by atoms with van der Waals surface area (Å²) in [5.74, 6) is 1.83. The van der Waals surface area contributed by atoms with Crippen LogP contribution in [-0.2, 0) is 0 Å². The Balaban J connectivity index is 1.15. The molecular weight excluding hydrogens is 779 g/mol. The molecule has 0 N–H and O–H groups in total. The van der Waals surface area contributed by atoms with Crippen molar-refractivity contribution in [3.8, 4) is 67.8 Å². The van der Waals surface area contributed by atoms with E-state index in [1.54, 1.807) is 0 Å². The van der Waals surface area contributed by atoms with Gasteiger partial charge in [0, 0.05) is 43.8 Å². The summed E-state index contributed by atoms with van der Waals surface area (Å²) in [5, 5.41) is 4.82. The topological polar surface area (TPSA) is 48.5 Å². The third kappa shape index (κ3) is 6.28. The molecule has 12 aromatic rings. The van der Waals surface area contributed by atoms with E-state index in [0.717, 1.165) is 61.3 Å². The minimum Gasteiger partial charge on any atom is -0.309 e. The minimum atomic E-state index is 0.594. The number of benzene rings is 9. The molecule has 0 aliphatic rings. The average molecular weight is 820 g/mol. The van der Waals surface area contributed by atoms with Crippen molar-refractivity contribution in [1.82, 2.24) is 24.1 Å². The fourth-order valence-electron chi connectivity index (χ4n) is 9.65. The Labute approximate surface area is 371 Å². The van der Waals surface area contributed by atoms with Crippen molar-refractivity contribution in [3.63, 3.8) is 0 Å². The maximum Gasteiger partial charge on any atom is 0.166 e. The zero-order valence-electron chi connectivity index (χ0n) is 35.4. The highest BCUT2D eigenvalue weighted by Gasteiger charge is 2.22. The van der Waals surface area contributed by atoms with Gasteiger partial charge in [-0.15, -0.1) is 0 Å². The van der Waals surface area contributed by atoms with Gasteiger partial charge in [0.2, 0.25) is 0 Å². The van der Waals surface area contributed by atoms with Crippen LogP contribution in [0.4, 0.5) is 0 Å². The third-order valence-corrected chi connectivity index (χ3v) is 12.4. The Kier molecular flexibility index (Phi) is 8.87. The van der Waals surface area contributed by atoms with Crippen molar-refractivity contribution < 1.29 is 0 Å². The van der Waals surface area contributed by atoms with Crippen molar-refractivity contribution >= 4 is 43.6 Å². The second-order valence-corrected chi connectivity index (χ2v) is 16.6. The van der Waals surface area contributed by atoms with Crippen LogP contribution in [0.2, 0.25) is 0 Å². The van der Waals surface area contributed by atoms with Crippen LogP contribution in [0.3, 0.4) is 0 Å². The Morgan fingerprint density at radius 1 is 0.281 bits per heavy atom. The molecule has 3 heterocycles. The molecule has 12 rings (SSSR count). The first-order chi connectivity index (χ1) is 31.6. The number of rotatable bonds is 7. The first-order valence-corrected chi connectivity index (χ1v) is 21.8. The number of fused-ring (bicyclic) bond motifs is 6. The highest BCUT2D eigenvalue weighted by atomic mass is 15.1. The Morgan fingerprint density at radius 2 is 0.734 bits per heavy atom. The van der Waals surface area contributed by atoms with Crippen LogP contribution >= 0.6 is 0 Å². The van der Waals surface area contributed by atoms with Gasteiger partial charge in [0.15, 0.2) is 17.5 Å². The van der Waals surface area contributed by atoms with Crippen LogP contribution < -0.4 is 0 Å². The van der Waals surface area contributed by atoms with Gasteiger partial charge in [0.1, 0.15) is 0 Å². The largest absolute Gasteiger partial charge is 0.309 e. The number of nitrogens with zero attached hydrogens (tertiary/aromatic N) is 5. The van der Waals surface area contributed by atoms with E-state index < -0.39 is 0 Å². The van der Waals surface area contributed by atoms with Crippen LogP contribution in [0.5, 0.6) is 0 Å². The molecule has 0 aliphatic carbocycles. The van der Waals surface area contributed by atoms with Crippen LogP contribution in [0.25, 0.3) is 111 Å². The molecule has 0 atom stereocenters. The normalized spacial score (nSPS) is 11.6. The molecule has 0 spiro atoms. The van der Waals surface area contributed by atoms with Crippen LogP contribution in [0, 0.1) is 13.8 Å². The molecule has 302 valence electrons. The molecule has 0 saturated heterocycles. The standard InChI is InChI=1S/C59H41N5/c1-38-33-39(2)35-44(34-38)42-29-31-55-49(36-42)48-24-12-16-28-54(48)64(55)56-32-30-43(45-21-9-13-25-51(45)63-52-26-14-10-22-46(52)47-23-11-15-27-53(47)63)37-50(56)59-61-57(40-17-5-3-6-18-40)60-58(62-59)41-19-7-4-8-20-41/h3-37H,1-2H3. The minimum absolute atomic E-state index is 0.594. The molecule has 0 aliphatic heterocycles. The van der Waals surface area contributed by atoms with Crippen molar-refractivity contribution in [2.45, 2.75) is 13.8 Å². The lowest BCUT2D eigenvalue weighted by Crippen LogP contribution is -2.04. The zero-order valence-corrected chi connectivity index (χ0v) is 35.4. The van der Waals surface area contributed by atoms with E-state index in [4.69, 9.17) is 15.0 Å². The summed E-state index contributed by atoms with van der Waals surface area (Å²) in [6, 6.07) is 75.7. The summed E-state index contributed by atoms with van der Waals surface area (Å²) in [6.07, 6.45) is 0. The SMILES string of the molecule is Cc1cc(C)cc(-c2ccc3c(c2)c2ccccc2n3-c2ccc(-c3ccccc3-n3c4ccccc4c4ccccc43)cc2-c2nc(-c3ccccc3)nc(-c3ccccc3)n2)c1. The summed E-state index contributed by atoms with van der Waals surface area (Å²) in [6.45, 7) is 4.34. The van der Waals surface area contributed by atoms with E-state index in [-0.39, 0.29) is 0 Å². The second-order valence-electron chi connectivity index (χ2n) is 16.6. The van der Waals surface area contributed by atoms with E-state index in [1.165, 1.54) is 43.8 Å². The Bertz CT molecular complexity index is 3620. The molecule has 9 aromatic carbocycles. The lowest BCUT2D eigenvalue weighted by molar-refractivity contribution is 1.06. The fourth-order valence-corrected chi connectivity index (χ4v) is 9.65. The van der Waals surface area contributed by atoms with E-state index in [2.05, 4.69) is 199 Å². The maximum atomic E-state index is 5.35. The van der Waals surface area contributed by atoms with Crippen molar-refractivity contribution in [2.24, 2.45) is 0 Å². The summed E-state index contributed by atoms with van der Waals surface area (Å²) >= 11 is 0. The summed E-state index contributed by atoms with van der Waals surface area (Å²) in [7, 11) is 0. The number of hydrogen-bond acceptors (Lipinski definition) is 3. The maximum absolute atomic E-state index is 5.35. The van der Waals surface area contributed by atoms with Crippen molar-refractivity contribution in [3.05, 3.63) is 223 Å². The van der Waals surface area contributed by atoms with Gasteiger partial charge in [-0.3, -0.25) is 0 Å². The summed E-state index contributed by atoms with van der Waals surface area (Å²) < 4.78 is 4.79. The van der Waals surface area contributed by atoms with Crippen molar-refractivity contribution in [2.75, 3.05) is 0 Å². The fraction of sp³-hybridized carbons (Fsp3) is 0.0339. The Hall–Kier alpha value is -8.41. The highest BCUT2D eigenvalue weighted by molar-refractivity contribution is 6.12. The molecule has 5 heteroatoms. The first kappa shape index (κ1) is 37.4. The van der Waals surface area contributed by atoms with Crippen LogP contribution in [0.1, 0.15) is 11.1 Å². The van der Waals surface area contributed by atoms with Gasteiger partial charge >= 0.3 is 0 Å². The van der Waals surface area contributed by atoms with Gasteiger partial charge in [0.05, 0.1) is 33.4 Å². The van der Waals surface area contributed by atoms with E-state index >= 15 is 0 Å². The second kappa shape index (κ2) is 15.2. The van der Waals surface area contributed by atoms with Gasteiger partial charge < -0.3 is 9.13 Å². The quantitative estimate of drug-likeness (QED) is 0.161. The van der Waals surface area contributed by atoms with Crippen LogP contribution in [-0.4, -0.2) is 24.1 Å². The van der Waals surface area contributed by atoms with Gasteiger partial charge in [0.25, 0.3) is 0 Å². The molecular formula is C59H41N5. The summed E-state index contributed by atoms with van der Waals surface area (Å²) in [5.41, 5.74) is 16.4. The molecule has 0 bridgehead atoms. The number of para-hydroxylation sites is 4. The predicted octanol–water partition coefficient (Wildman–Crippen LogP) is 15.0. The number of aryl methyl sites for hydroxylation is 2. The Morgan fingerprint density at radius 3 is 1.33 bits per heavy atom. The van der Waals surface area contributed by atoms with E-state index in [1.807, 2.05) is 36.4 Å². The number of hydrogen-bond donors (Lipinski definition) is 0. The van der Waals surface area contributed by atoms with Crippen molar-refractivity contribution in [1.29, 1.82) is 0 Å². The lowest BCUT2D eigenvalue weighted by atomic mass is 9.98. The lowest BCUT2D eigenvalue weighted by Gasteiger charge is -2.18. The first-order valence-electron chi connectivity index (χ1n) is 21.8. The molecule has 0 saturated carbocycles. The summed E-state index contributed by atoms with van der Waals surface area (Å²) in [4.78, 5) is 15.8. The molecule has 0 radical (unpaired) electrons. The molecule has 64 heavy (non-hydrogen) atoms. The van der Waals surface area contributed by atoms with E-state index in [0.29, 0.717) is 17.5 Å². The third-order valence-electron chi connectivity index (χ3n) is 12.4. The number of aromatic nitrogens is 5. The smallest absolute Gasteiger partial charge is 0.166 e. The molecule has 5 nitrogen and oxygen atoms in total. The van der Waals surface area contributed by atoms with E-state index in [9.17, 15) is 0 Å². The van der Waals surface area contributed by atoms with Gasteiger partial charge in [-0.2, -0.15) is 0 Å². The zero-order chi connectivity index (χ0) is 42.7. The molecule has 0 unspecified atom stereocenters. The molecule has 3 aromatic heterocycles. The monoisotopic (exact) mass is 819 g/mol. The van der Waals surface area contributed by atoms with Gasteiger partial charge in [-0.05, 0) is 79.1 Å². The molecule has 0 fully saturated rings. The predicted molar refractivity (Wildman–Crippen MR) is 265 cm³/mol. The molecule has 0 amide bonds. The van der Waals surface area contributed by atoms with Crippen LogP contribution in [0.15, 0.2) is 212 Å². The average Bonchev–Trinajstić information content (AvgIpc) is 3.86. The van der Waals surface area contributed by atoms with Gasteiger partial charge in [-0.1, -0.05) is 175 Å².